The molecule has 2 aromatic heterocycles. The summed E-state index contributed by atoms with van der Waals surface area (Å²) in [5.41, 5.74) is 5.73. The molecule has 45 heavy (non-hydrogen) atoms. The fourth-order valence-electron chi connectivity index (χ4n) is 5.90. The number of aromatic nitrogens is 2. The summed E-state index contributed by atoms with van der Waals surface area (Å²) in [5, 5.41) is 0. The number of aryl methyl sites for hydroxylation is 1. The van der Waals surface area contributed by atoms with E-state index in [0.29, 0.717) is 51.6 Å². The van der Waals surface area contributed by atoms with Crippen LogP contribution >= 0.6 is 11.3 Å². The number of amides is 1. The number of esters is 1. The number of methoxy groups -OCH3 is 1. The van der Waals surface area contributed by atoms with E-state index in [2.05, 4.69) is 4.57 Å². The number of hydrogen-bond acceptors (Lipinski definition) is 7. The molecule has 4 aromatic rings. The Hall–Kier alpha value is -4.70. The van der Waals surface area contributed by atoms with Gasteiger partial charge in [-0.05, 0) is 89.6 Å². The topological polar surface area (TPSA) is 95.1 Å². The number of rotatable bonds is 9. The standard InChI is InChI=1S/C35H38N4O5S/c1-8-37(9-2)33(41)30-22(5)36-35-39(31(30)27-13-11-12-14-28(27)43-7)32(40)29(45-35)20-25-19-21(4)38(23(25)6)26-17-15-24(16-18-26)34(42)44-10-3/h11-20,31H,8-10H2,1-7H3/b29-20+/t31-/m0/s1. The first kappa shape index (κ1) is 31.7. The van der Waals surface area contributed by atoms with Crippen LogP contribution in [0.5, 0.6) is 5.75 Å². The average Bonchev–Trinajstić information content (AvgIpc) is 3.50. The normalized spacial score (nSPS) is 14.6. The third-order valence-corrected chi connectivity index (χ3v) is 9.11. The second kappa shape index (κ2) is 13.1. The number of allylic oxidation sites excluding steroid dienone is 1. The molecule has 0 saturated carbocycles. The Labute approximate surface area is 266 Å². The van der Waals surface area contributed by atoms with Gasteiger partial charge in [0.1, 0.15) is 11.8 Å². The molecule has 0 N–H and O–H groups in total. The Morgan fingerprint density at radius 3 is 2.36 bits per heavy atom. The summed E-state index contributed by atoms with van der Waals surface area (Å²) >= 11 is 1.30. The lowest BCUT2D eigenvalue weighted by Gasteiger charge is -2.29. The van der Waals surface area contributed by atoms with E-state index in [1.165, 1.54) is 11.3 Å². The Kier molecular flexibility index (Phi) is 9.24. The maximum absolute atomic E-state index is 14.3. The van der Waals surface area contributed by atoms with Crippen LogP contribution in [0.15, 0.2) is 75.7 Å². The van der Waals surface area contributed by atoms with Crippen molar-refractivity contribution in [2.45, 2.75) is 47.6 Å². The van der Waals surface area contributed by atoms with Gasteiger partial charge in [-0.2, -0.15) is 0 Å². The van der Waals surface area contributed by atoms with Crippen molar-refractivity contribution < 1.29 is 19.1 Å². The highest BCUT2D eigenvalue weighted by Crippen LogP contribution is 2.36. The van der Waals surface area contributed by atoms with Crippen molar-refractivity contribution in [1.82, 2.24) is 14.0 Å². The Balaban J connectivity index is 1.65. The first-order valence-electron chi connectivity index (χ1n) is 15.1. The predicted molar refractivity (Wildman–Crippen MR) is 176 cm³/mol. The summed E-state index contributed by atoms with van der Waals surface area (Å²) in [4.78, 5) is 47.4. The fourth-order valence-corrected chi connectivity index (χ4v) is 6.93. The van der Waals surface area contributed by atoms with E-state index in [1.54, 1.807) is 35.6 Å². The number of hydrogen-bond donors (Lipinski definition) is 0. The SMILES string of the molecule is CCOC(=O)c1ccc(-n2c(C)cc(/C=c3/sc4n(c3=O)[C@@H](c3ccccc3OC)C(C(=O)N(CC)CC)=C(C)N=4)c2C)cc1. The minimum Gasteiger partial charge on any atom is -0.496 e. The minimum absolute atomic E-state index is 0.149. The molecule has 3 heterocycles. The van der Waals surface area contributed by atoms with Crippen LogP contribution < -0.4 is 19.6 Å². The van der Waals surface area contributed by atoms with Crippen LogP contribution in [0, 0.1) is 13.8 Å². The molecule has 0 spiro atoms. The molecule has 9 nitrogen and oxygen atoms in total. The summed E-state index contributed by atoms with van der Waals surface area (Å²) in [6, 6.07) is 16.1. The third-order valence-electron chi connectivity index (χ3n) is 8.13. The predicted octanol–water partition coefficient (Wildman–Crippen LogP) is 4.70. The van der Waals surface area contributed by atoms with Gasteiger partial charge in [-0.25, -0.2) is 9.79 Å². The highest BCUT2D eigenvalue weighted by Gasteiger charge is 2.35. The van der Waals surface area contributed by atoms with Crippen LogP contribution in [0.2, 0.25) is 0 Å². The van der Waals surface area contributed by atoms with E-state index in [-0.39, 0.29) is 17.4 Å². The van der Waals surface area contributed by atoms with E-state index in [9.17, 15) is 14.4 Å². The molecule has 1 aliphatic heterocycles. The molecule has 1 amide bonds. The molecule has 5 rings (SSSR count). The van der Waals surface area contributed by atoms with Gasteiger partial charge in [-0.3, -0.25) is 14.2 Å². The first-order chi connectivity index (χ1) is 21.6. The molecule has 0 fully saturated rings. The molecule has 0 unspecified atom stereocenters. The highest BCUT2D eigenvalue weighted by atomic mass is 32.1. The number of benzene rings is 2. The van der Waals surface area contributed by atoms with E-state index in [0.717, 1.165) is 28.2 Å². The summed E-state index contributed by atoms with van der Waals surface area (Å²) in [6.45, 7) is 12.9. The summed E-state index contributed by atoms with van der Waals surface area (Å²) in [7, 11) is 1.59. The number of likely N-dealkylation sites (N-methyl/N-ethyl adjacent to an activating group) is 1. The van der Waals surface area contributed by atoms with Crippen LogP contribution in [0.1, 0.15) is 66.6 Å². The van der Waals surface area contributed by atoms with Gasteiger partial charge in [-0.15, -0.1) is 0 Å². The number of para-hydroxylation sites is 1. The number of ether oxygens (including phenoxy) is 2. The van der Waals surface area contributed by atoms with Crippen LogP contribution in [-0.2, 0) is 9.53 Å². The lowest BCUT2D eigenvalue weighted by Crippen LogP contribution is -2.43. The maximum atomic E-state index is 14.3. The van der Waals surface area contributed by atoms with E-state index >= 15 is 0 Å². The zero-order chi connectivity index (χ0) is 32.4. The van der Waals surface area contributed by atoms with Crippen molar-refractivity contribution in [2.75, 3.05) is 26.8 Å². The number of fused-ring (bicyclic) bond motifs is 1. The van der Waals surface area contributed by atoms with Crippen LogP contribution in [0.4, 0.5) is 0 Å². The van der Waals surface area contributed by atoms with Crippen molar-refractivity contribution in [2.24, 2.45) is 4.99 Å². The summed E-state index contributed by atoms with van der Waals surface area (Å²) < 4.78 is 15.1. The molecular weight excluding hydrogens is 588 g/mol. The van der Waals surface area contributed by atoms with Crippen LogP contribution in [0.3, 0.4) is 0 Å². The molecule has 0 saturated heterocycles. The van der Waals surface area contributed by atoms with Crippen LogP contribution in [-0.4, -0.2) is 52.7 Å². The van der Waals surface area contributed by atoms with Gasteiger partial charge in [-0.1, -0.05) is 29.5 Å². The van der Waals surface area contributed by atoms with E-state index in [1.807, 2.05) is 83.2 Å². The van der Waals surface area contributed by atoms with Crippen molar-refractivity contribution in [3.05, 3.63) is 114 Å². The smallest absolute Gasteiger partial charge is 0.338 e. The second-order valence-corrected chi connectivity index (χ2v) is 11.7. The van der Waals surface area contributed by atoms with Gasteiger partial charge >= 0.3 is 5.97 Å². The number of thiazole rings is 1. The first-order valence-corrected chi connectivity index (χ1v) is 15.9. The summed E-state index contributed by atoms with van der Waals surface area (Å²) in [6.07, 6.45) is 1.89. The van der Waals surface area contributed by atoms with Gasteiger partial charge in [0.2, 0.25) is 0 Å². The quantitative estimate of drug-likeness (QED) is 0.251. The molecule has 234 valence electrons. The largest absolute Gasteiger partial charge is 0.496 e. The van der Waals surface area contributed by atoms with Crippen molar-refractivity contribution in [3.63, 3.8) is 0 Å². The van der Waals surface area contributed by atoms with Gasteiger partial charge in [0, 0.05) is 35.7 Å². The Morgan fingerprint density at radius 2 is 1.71 bits per heavy atom. The second-order valence-electron chi connectivity index (χ2n) is 10.7. The minimum atomic E-state index is -0.696. The van der Waals surface area contributed by atoms with Crippen molar-refractivity contribution in [3.8, 4) is 11.4 Å². The van der Waals surface area contributed by atoms with Gasteiger partial charge in [0.25, 0.3) is 11.5 Å². The van der Waals surface area contributed by atoms with Crippen molar-refractivity contribution >= 4 is 29.3 Å². The monoisotopic (exact) mass is 626 g/mol. The molecule has 1 atom stereocenters. The molecular formula is C35H38N4O5S. The molecule has 0 bridgehead atoms. The zero-order valence-corrected chi connectivity index (χ0v) is 27.5. The number of carbonyl (C=O) groups excluding carboxylic acids is 2. The third kappa shape index (κ3) is 5.78. The fraction of sp³-hybridized carbons (Fsp3) is 0.314. The molecule has 0 aliphatic carbocycles. The lowest BCUT2D eigenvalue weighted by atomic mass is 9.94. The number of carbonyl (C=O) groups is 2. The molecule has 2 aromatic carbocycles. The van der Waals surface area contributed by atoms with E-state index < -0.39 is 6.04 Å². The zero-order valence-electron chi connectivity index (χ0n) is 26.7. The highest BCUT2D eigenvalue weighted by molar-refractivity contribution is 7.07. The lowest BCUT2D eigenvalue weighted by molar-refractivity contribution is -0.127. The maximum Gasteiger partial charge on any atom is 0.338 e. The summed E-state index contributed by atoms with van der Waals surface area (Å²) in [5.74, 6) is 0.0859. The number of nitrogens with zero attached hydrogens (tertiary/aromatic N) is 4. The molecule has 1 aliphatic rings. The Bertz CT molecular complexity index is 1980. The van der Waals surface area contributed by atoms with Crippen molar-refractivity contribution in [1.29, 1.82) is 0 Å². The van der Waals surface area contributed by atoms with Gasteiger partial charge < -0.3 is 18.9 Å². The average molecular weight is 627 g/mol. The van der Waals surface area contributed by atoms with Gasteiger partial charge in [0.15, 0.2) is 4.80 Å². The Morgan fingerprint density at radius 1 is 1.02 bits per heavy atom. The van der Waals surface area contributed by atoms with E-state index in [4.69, 9.17) is 14.5 Å². The molecule has 10 heteroatoms. The van der Waals surface area contributed by atoms with Crippen LogP contribution in [0.25, 0.3) is 11.8 Å². The molecule has 0 radical (unpaired) electrons. The van der Waals surface area contributed by atoms with Gasteiger partial charge in [0.05, 0.1) is 35.1 Å².